The van der Waals surface area contributed by atoms with Crippen molar-refractivity contribution < 1.29 is 4.79 Å². The molecule has 0 aliphatic carbocycles. The Kier molecular flexibility index (Phi) is 4.39. The molecular formula is C10H20N2O. The van der Waals surface area contributed by atoms with E-state index in [1.54, 1.807) is 0 Å². The van der Waals surface area contributed by atoms with E-state index in [2.05, 4.69) is 16.8 Å². The highest BCUT2D eigenvalue weighted by Crippen LogP contribution is 2.17. The van der Waals surface area contributed by atoms with E-state index in [-0.39, 0.29) is 0 Å². The largest absolute Gasteiger partial charge is 0.306 e. The molecule has 0 spiro atoms. The molecule has 0 bridgehead atoms. The lowest BCUT2D eigenvalue weighted by molar-refractivity contribution is -0.108. The quantitative estimate of drug-likeness (QED) is 0.580. The van der Waals surface area contributed by atoms with Crippen LogP contribution in [0.5, 0.6) is 0 Å². The van der Waals surface area contributed by atoms with E-state index in [9.17, 15) is 4.79 Å². The van der Waals surface area contributed by atoms with E-state index < -0.39 is 0 Å². The molecule has 1 unspecified atom stereocenters. The predicted octanol–water partition coefficient (Wildman–Crippen LogP) is 0.459. The number of hydrogen-bond acceptors (Lipinski definition) is 3. The lowest BCUT2D eigenvalue weighted by Gasteiger charge is -2.16. The van der Waals surface area contributed by atoms with Gasteiger partial charge in [-0.1, -0.05) is 0 Å². The van der Waals surface area contributed by atoms with Gasteiger partial charge in [-0.25, -0.2) is 0 Å². The van der Waals surface area contributed by atoms with Crippen LogP contribution in [-0.2, 0) is 4.79 Å². The highest BCUT2D eigenvalue weighted by Gasteiger charge is 2.18. The molecule has 13 heavy (non-hydrogen) atoms. The van der Waals surface area contributed by atoms with Crippen LogP contribution in [-0.4, -0.2) is 56.4 Å². The maximum atomic E-state index is 10.2. The number of hydrogen-bond donors (Lipinski definition) is 0. The second kappa shape index (κ2) is 5.35. The van der Waals surface area contributed by atoms with Crippen molar-refractivity contribution in [3.8, 4) is 0 Å². The Hall–Kier alpha value is -0.410. The third-order valence-electron chi connectivity index (χ3n) is 2.79. The van der Waals surface area contributed by atoms with Crippen LogP contribution in [0.25, 0.3) is 0 Å². The number of rotatable bonds is 5. The molecule has 0 saturated carbocycles. The van der Waals surface area contributed by atoms with Crippen molar-refractivity contribution in [2.75, 3.05) is 40.3 Å². The van der Waals surface area contributed by atoms with Gasteiger partial charge in [0.2, 0.25) is 0 Å². The third kappa shape index (κ3) is 3.87. The Morgan fingerprint density at radius 3 is 2.92 bits per heavy atom. The van der Waals surface area contributed by atoms with Crippen LogP contribution in [0.1, 0.15) is 12.8 Å². The summed E-state index contributed by atoms with van der Waals surface area (Å²) in [7, 11) is 4.18. The molecule has 1 fully saturated rings. The second-order valence-corrected chi connectivity index (χ2v) is 4.13. The first kappa shape index (κ1) is 10.7. The van der Waals surface area contributed by atoms with Crippen LogP contribution >= 0.6 is 0 Å². The average Bonchev–Trinajstić information content (AvgIpc) is 2.49. The zero-order chi connectivity index (χ0) is 9.68. The van der Waals surface area contributed by atoms with E-state index in [0.29, 0.717) is 6.54 Å². The summed E-state index contributed by atoms with van der Waals surface area (Å²) in [5.74, 6) is 0.846. The standard InChI is InChI=1S/C10H20N2O/c1-11(7-8-13)5-3-10-4-6-12(2)9-10/h8,10H,3-7,9H2,1-2H3. The van der Waals surface area contributed by atoms with Crippen molar-refractivity contribution in [3.05, 3.63) is 0 Å². The Labute approximate surface area is 80.7 Å². The summed E-state index contributed by atoms with van der Waals surface area (Å²) in [6.07, 6.45) is 3.53. The number of nitrogens with zero attached hydrogens (tertiary/aromatic N) is 2. The number of likely N-dealkylation sites (N-methyl/N-ethyl adjacent to an activating group) is 1. The number of likely N-dealkylation sites (tertiary alicyclic amines) is 1. The van der Waals surface area contributed by atoms with E-state index >= 15 is 0 Å². The summed E-state index contributed by atoms with van der Waals surface area (Å²) < 4.78 is 0. The summed E-state index contributed by atoms with van der Waals surface area (Å²) in [6.45, 7) is 4.09. The molecule has 3 heteroatoms. The molecule has 1 aliphatic rings. The fourth-order valence-electron chi connectivity index (χ4n) is 1.88. The van der Waals surface area contributed by atoms with Crippen LogP contribution in [0.4, 0.5) is 0 Å². The lowest BCUT2D eigenvalue weighted by atomic mass is 10.1. The maximum absolute atomic E-state index is 10.2. The Balaban J connectivity index is 2.08. The monoisotopic (exact) mass is 184 g/mol. The van der Waals surface area contributed by atoms with Gasteiger partial charge in [0.05, 0.1) is 6.54 Å². The predicted molar refractivity (Wildman–Crippen MR) is 53.8 cm³/mol. The van der Waals surface area contributed by atoms with Gasteiger partial charge in [0.1, 0.15) is 6.29 Å². The number of carbonyl (C=O) groups excluding carboxylic acids is 1. The van der Waals surface area contributed by atoms with Gasteiger partial charge in [-0.05, 0) is 45.9 Å². The highest BCUT2D eigenvalue weighted by atomic mass is 16.1. The van der Waals surface area contributed by atoms with Gasteiger partial charge in [0.25, 0.3) is 0 Å². The summed E-state index contributed by atoms with van der Waals surface area (Å²) in [5, 5.41) is 0. The van der Waals surface area contributed by atoms with Crippen LogP contribution in [0, 0.1) is 5.92 Å². The third-order valence-corrected chi connectivity index (χ3v) is 2.79. The fourth-order valence-corrected chi connectivity index (χ4v) is 1.88. The molecular weight excluding hydrogens is 164 g/mol. The van der Waals surface area contributed by atoms with Gasteiger partial charge < -0.3 is 9.69 Å². The number of aldehydes is 1. The molecule has 0 aromatic carbocycles. The SMILES string of the molecule is CN(CC=O)CCC1CCN(C)C1. The minimum atomic E-state index is 0.572. The van der Waals surface area contributed by atoms with E-state index in [0.717, 1.165) is 18.7 Å². The normalized spacial score (nSPS) is 24.1. The average molecular weight is 184 g/mol. The van der Waals surface area contributed by atoms with Crippen LogP contribution < -0.4 is 0 Å². The van der Waals surface area contributed by atoms with Gasteiger partial charge >= 0.3 is 0 Å². The molecule has 0 radical (unpaired) electrons. The molecule has 1 rings (SSSR count). The van der Waals surface area contributed by atoms with Crippen molar-refractivity contribution in [3.63, 3.8) is 0 Å². The molecule has 0 aromatic heterocycles. The topological polar surface area (TPSA) is 23.6 Å². The molecule has 1 aliphatic heterocycles. The zero-order valence-electron chi connectivity index (χ0n) is 8.70. The molecule has 1 saturated heterocycles. The van der Waals surface area contributed by atoms with Crippen molar-refractivity contribution in [1.29, 1.82) is 0 Å². The number of carbonyl (C=O) groups is 1. The lowest BCUT2D eigenvalue weighted by Crippen LogP contribution is -2.24. The van der Waals surface area contributed by atoms with Crippen molar-refractivity contribution in [2.45, 2.75) is 12.8 Å². The minimum absolute atomic E-state index is 0.572. The van der Waals surface area contributed by atoms with Crippen molar-refractivity contribution in [1.82, 2.24) is 9.80 Å². The first-order chi connectivity index (χ1) is 6.22. The molecule has 0 amide bonds. The molecule has 3 nitrogen and oxygen atoms in total. The second-order valence-electron chi connectivity index (χ2n) is 4.13. The summed E-state index contributed by atoms with van der Waals surface area (Å²) in [5.41, 5.74) is 0. The summed E-state index contributed by atoms with van der Waals surface area (Å²) >= 11 is 0. The Morgan fingerprint density at radius 1 is 1.62 bits per heavy atom. The van der Waals surface area contributed by atoms with Crippen molar-refractivity contribution in [2.24, 2.45) is 5.92 Å². The maximum Gasteiger partial charge on any atom is 0.133 e. The van der Waals surface area contributed by atoms with Crippen LogP contribution in [0.15, 0.2) is 0 Å². The first-order valence-corrected chi connectivity index (χ1v) is 5.03. The molecule has 1 heterocycles. The van der Waals surface area contributed by atoms with Gasteiger partial charge in [-0.3, -0.25) is 4.90 Å². The highest BCUT2D eigenvalue weighted by molar-refractivity contribution is 5.51. The zero-order valence-corrected chi connectivity index (χ0v) is 8.70. The molecule has 0 aromatic rings. The van der Waals surface area contributed by atoms with Crippen LogP contribution in [0.2, 0.25) is 0 Å². The van der Waals surface area contributed by atoms with Crippen LogP contribution in [0.3, 0.4) is 0 Å². The molecule has 0 N–H and O–H groups in total. The van der Waals surface area contributed by atoms with E-state index in [1.165, 1.54) is 25.9 Å². The van der Waals surface area contributed by atoms with E-state index in [4.69, 9.17) is 0 Å². The van der Waals surface area contributed by atoms with Gasteiger partial charge in [-0.15, -0.1) is 0 Å². The Morgan fingerprint density at radius 2 is 2.38 bits per heavy atom. The Bertz CT molecular complexity index is 161. The van der Waals surface area contributed by atoms with Gasteiger partial charge in [0.15, 0.2) is 0 Å². The first-order valence-electron chi connectivity index (χ1n) is 5.03. The van der Waals surface area contributed by atoms with Crippen molar-refractivity contribution >= 4 is 6.29 Å². The van der Waals surface area contributed by atoms with Gasteiger partial charge in [0, 0.05) is 6.54 Å². The summed E-state index contributed by atoms with van der Waals surface area (Å²) in [6, 6.07) is 0. The molecule has 76 valence electrons. The molecule has 1 atom stereocenters. The smallest absolute Gasteiger partial charge is 0.133 e. The summed E-state index contributed by atoms with van der Waals surface area (Å²) in [4.78, 5) is 14.7. The van der Waals surface area contributed by atoms with E-state index in [1.807, 2.05) is 7.05 Å². The fraction of sp³-hybridized carbons (Fsp3) is 0.900. The minimum Gasteiger partial charge on any atom is -0.306 e. The van der Waals surface area contributed by atoms with Gasteiger partial charge in [-0.2, -0.15) is 0 Å².